The first-order valence-corrected chi connectivity index (χ1v) is 10.3. The first-order valence-electron chi connectivity index (χ1n) is 9.05. The monoisotopic (exact) mass is 384 g/mol. The minimum atomic E-state index is 0.592. The minimum absolute atomic E-state index is 0.592. The van der Waals surface area contributed by atoms with Crippen LogP contribution in [0.4, 0.5) is 0 Å². The molecule has 0 bridgehead atoms. The smallest absolute Gasteiger partial charge is 0.250 e. The van der Waals surface area contributed by atoms with Crippen LogP contribution in [-0.2, 0) is 6.42 Å². The van der Waals surface area contributed by atoms with E-state index < -0.39 is 0 Å². The van der Waals surface area contributed by atoms with Crippen LogP contribution in [0.5, 0.6) is 0 Å². The molecule has 2 aromatic heterocycles. The number of aromatic nitrogens is 2. The highest BCUT2D eigenvalue weighted by Crippen LogP contribution is 2.38. The summed E-state index contributed by atoms with van der Waals surface area (Å²) in [5, 5.41) is 6.99. The molecule has 0 aliphatic heterocycles. The van der Waals surface area contributed by atoms with Gasteiger partial charge < -0.3 is 4.52 Å². The zero-order valence-corrected chi connectivity index (χ0v) is 16.0. The molecule has 134 valence electrons. The Morgan fingerprint density at radius 2 is 1.92 bits per heavy atom. The Kier molecular flexibility index (Phi) is 5.51. The molecule has 0 radical (unpaired) electrons. The van der Waals surface area contributed by atoms with Crippen LogP contribution in [0, 0.1) is 5.92 Å². The van der Waals surface area contributed by atoms with Gasteiger partial charge in [-0.15, -0.1) is 11.3 Å². The highest BCUT2D eigenvalue weighted by Gasteiger charge is 2.21. The van der Waals surface area contributed by atoms with Crippen molar-refractivity contribution in [2.45, 2.75) is 38.0 Å². The Morgan fingerprint density at radius 3 is 2.65 bits per heavy atom. The molecule has 0 saturated heterocycles. The first kappa shape index (κ1) is 17.5. The highest BCUT2D eigenvalue weighted by molar-refractivity contribution is 7.10. The van der Waals surface area contributed by atoms with Crippen molar-refractivity contribution in [1.82, 2.24) is 10.1 Å². The molecule has 0 N–H and O–H groups in total. The molecule has 1 fully saturated rings. The van der Waals surface area contributed by atoms with Crippen LogP contribution in [0.15, 0.2) is 52.4 Å². The number of rotatable bonds is 5. The molecular weight excluding hydrogens is 364 g/mol. The van der Waals surface area contributed by atoms with Crippen molar-refractivity contribution in [1.29, 1.82) is 0 Å². The van der Waals surface area contributed by atoms with Gasteiger partial charge in [-0.3, -0.25) is 0 Å². The largest absolute Gasteiger partial charge is 0.335 e. The second kappa shape index (κ2) is 8.19. The summed E-state index contributed by atoms with van der Waals surface area (Å²) in [7, 11) is 0. The fourth-order valence-electron chi connectivity index (χ4n) is 3.53. The molecule has 0 spiro atoms. The van der Waals surface area contributed by atoms with E-state index in [1.165, 1.54) is 30.6 Å². The maximum absolute atomic E-state index is 5.91. The topological polar surface area (TPSA) is 38.9 Å². The lowest BCUT2D eigenvalue weighted by molar-refractivity contribution is 0.378. The number of hydrogen-bond donors (Lipinski definition) is 0. The molecule has 3 aromatic rings. The summed E-state index contributed by atoms with van der Waals surface area (Å²) in [5.41, 5.74) is 1.12. The van der Waals surface area contributed by atoms with Gasteiger partial charge in [-0.1, -0.05) is 41.0 Å². The molecule has 1 aliphatic rings. The second-order valence-corrected chi connectivity index (χ2v) is 8.25. The summed E-state index contributed by atoms with van der Waals surface area (Å²) in [6.45, 7) is 0. The summed E-state index contributed by atoms with van der Waals surface area (Å²) in [4.78, 5) is 6.01. The summed E-state index contributed by atoms with van der Waals surface area (Å²) in [6, 6.07) is 12.2. The van der Waals surface area contributed by atoms with Crippen molar-refractivity contribution in [3.63, 3.8) is 0 Å². The van der Waals surface area contributed by atoms with Gasteiger partial charge in [0.1, 0.15) is 0 Å². The van der Waals surface area contributed by atoms with Crippen LogP contribution in [0.2, 0.25) is 5.02 Å². The van der Waals surface area contributed by atoms with Crippen molar-refractivity contribution >= 4 is 29.0 Å². The van der Waals surface area contributed by atoms with Crippen LogP contribution in [0.1, 0.15) is 53.8 Å². The van der Waals surface area contributed by atoms with Crippen molar-refractivity contribution in [2.75, 3.05) is 0 Å². The van der Waals surface area contributed by atoms with Gasteiger partial charge in [0.05, 0.1) is 0 Å². The number of hydrogen-bond acceptors (Lipinski definition) is 4. The maximum Gasteiger partial charge on any atom is 0.250 e. The average Bonchev–Trinajstić information content (AvgIpc) is 3.35. The summed E-state index contributed by atoms with van der Waals surface area (Å²) >= 11 is 7.80. The molecule has 1 saturated carbocycles. The van der Waals surface area contributed by atoms with E-state index in [0.29, 0.717) is 24.1 Å². The molecule has 4 rings (SSSR count). The van der Waals surface area contributed by atoms with E-state index in [2.05, 4.69) is 33.7 Å². The Bertz CT molecular complexity index is 847. The molecule has 0 atom stereocenters. The third kappa shape index (κ3) is 4.43. The zero-order chi connectivity index (χ0) is 17.8. The molecule has 3 nitrogen and oxygen atoms in total. The number of nitrogens with zero attached hydrogens (tertiary/aromatic N) is 2. The molecule has 26 heavy (non-hydrogen) atoms. The summed E-state index contributed by atoms with van der Waals surface area (Å²) < 4.78 is 5.36. The van der Waals surface area contributed by atoms with E-state index in [0.717, 1.165) is 16.5 Å². The molecule has 0 amide bonds. The first-order chi connectivity index (χ1) is 12.8. The lowest BCUT2D eigenvalue weighted by Gasteiger charge is -2.25. The standard InChI is InChI=1S/C21H21ClN2OS/c22-18-10-5-16(6-11-18)14-20-23-21(25-24-20)12-7-15-3-8-17(9-4-15)19-2-1-13-26-19/h1-2,5-7,10-13,15,17H,3-4,8-9,14H2. The third-order valence-electron chi connectivity index (χ3n) is 4.99. The van der Waals surface area contributed by atoms with Crippen molar-refractivity contribution in [2.24, 2.45) is 5.92 Å². The fraction of sp³-hybridized carbons (Fsp3) is 0.333. The lowest BCUT2D eigenvalue weighted by Crippen LogP contribution is -2.10. The van der Waals surface area contributed by atoms with Crippen molar-refractivity contribution in [3.8, 4) is 0 Å². The average molecular weight is 385 g/mol. The van der Waals surface area contributed by atoms with Gasteiger partial charge in [0.15, 0.2) is 5.82 Å². The van der Waals surface area contributed by atoms with E-state index in [1.807, 2.05) is 41.7 Å². The molecular formula is C21H21ClN2OS. The van der Waals surface area contributed by atoms with Gasteiger partial charge in [-0.2, -0.15) is 4.98 Å². The van der Waals surface area contributed by atoms with Gasteiger partial charge in [0.25, 0.3) is 0 Å². The second-order valence-electron chi connectivity index (χ2n) is 6.84. The predicted molar refractivity (Wildman–Crippen MR) is 107 cm³/mol. The van der Waals surface area contributed by atoms with Crippen molar-refractivity contribution < 1.29 is 4.52 Å². The summed E-state index contributed by atoms with van der Waals surface area (Å²) in [6.07, 6.45) is 9.86. The van der Waals surface area contributed by atoms with Crippen LogP contribution in [0.25, 0.3) is 6.08 Å². The Hall–Kier alpha value is -1.91. The van der Waals surface area contributed by atoms with Gasteiger partial charge >= 0.3 is 0 Å². The lowest BCUT2D eigenvalue weighted by atomic mass is 9.81. The normalized spacial score (nSPS) is 20.7. The Labute approximate surface area is 162 Å². The van der Waals surface area contributed by atoms with Gasteiger partial charge in [0.2, 0.25) is 5.89 Å². The van der Waals surface area contributed by atoms with Gasteiger partial charge in [0, 0.05) is 16.3 Å². The van der Waals surface area contributed by atoms with E-state index >= 15 is 0 Å². The van der Waals surface area contributed by atoms with Crippen LogP contribution in [-0.4, -0.2) is 10.1 Å². The van der Waals surface area contributed by atoms with Crippen LogP contribution >= 0.6 is 22.9 Å². The number of benzene rings is 1. The molecule has 1 aliphatic carbocycles. The maximum atomic E-state index is 5.91. The van der Waals surface area contributed by atoms with E-state index in [-0.39, 0.29) is 0 Å². The fourth-order valence-corrected chi connectivity index (χ4v) is 4.56. The van der Waals surface area contributed by atoms with E-state index in [1.54, 1.807) is 0 Å². The molecule has 2 heterocycles. The van der Waals surface area contributed by atoms with E-state index in [9.17, 15) is 0 Å². The number of halogens is 1. The zero-order valence-electron chi connectivity index (χ0n) is 14.5. The summed E-state index contributed by atoms with van der Waals surface area (Å²) in [5.74, 6) is 2.65. The van der Waals surface area contributed by atoms with Gasteiger partial charge in [-0.25, -0.2) is 0 Å². The third-order valence-corrected chi connectivity index (χ3v) is 6.27. The van der Waals surface area contributed by atoms with Crippen molar-refractivity contribution in [3.05, 3.63) is 75.0 Å². The SMILES string of the molecule is Clc1ccc(Cc2noc(C=CC3CCC(c4cccs4)CC3)n2)cc1. The Balaban J connectivity index is 1.30. The van der Waals surface area contributed by atoms with Crippen LogP contribution in [0.3, 0.4) is 0 Å². The Morgan fingerprint density at radius 1 is 1.12 bits per heavy atom. The predicted octanol–water partition coefficient (Wildman–Crippen LogP) is 6.36. The van der Waals surface area contributed by atoms with Gasteiger partial charge in [-0.05, 0) is 72.7 Å². The quantitative estimate of drug-likeness (QED) is 0.513. The van der Waals surface area contributed by atoms with E-state index in [4.69, 9.17) is 16.1 Å². The minimum Gasteiger partial charge on any atom is -0.335 e. The van der Waals surface area contributed by atoms with Crippen LogP contribution < -0.4 is 0 Å². The number of thiophene rings is 1. The molecule has 0 unspecified atom stereocenters. The molecule has 5 heteroatoms. The highest BCUT2D eigenvalue weighted by atomic mass is 35.5. The number of allylic oxidation sites excluding steroid dienone is 1. The molecule has 1 aromatic carbocycles.